The summed E-state index contributed by atoms with van der Waals surface area (Å²) in [7, 11) is 0. The number of carbonyl (C=O) groups excluding carboxylic acids is 1. The van der Waals surface area contributed by atoms with Crippen molar-refractivity contribution >= 4 is 11.9 Å². The molecule has 1 amide bonds. The van der Waals surface area contributed by atoms with Crippen LogP contribution in [0.15, 0.2) is 0 Å². The Morgan fingerprint density at radius 3 is 1.69 bits per heavy atom. The number of carboxylic acid groups (broad SMARTS) is 1. The maximum Gasteiger partial charge on any atom is 0.490 e. The fourth-order valence-corrected chi connectivity index (χ4v) is 0.0456. The largest absolute Gasteiger partial charge is 0.490 e. The monoisotopic (exact) mass is 204 g/mol. The summed E-state index contributed by atoms with van der Waals surface area (Å²) in [6.45, 7) is -0.170. The number of hydrogen-bond acceptors (Lipinski definition) is 4. The molecule has 0 unspecified atom stereocenters. The topological polar surface area (TPSA) is 113 Å². The Kier molecular flexibility index (Phi) is 6.76. The molecular formula is C4H7F3N2O4. The fourth-order valence-electron chi connectivity index (χ4n) is 0.0456. The molecule has 78 valence electrons. The minimum Gasteiger partial charge on any atom is -0.475 e. The van der Waals surface area contributed by atoms with Gasteiger partial charge in [0.05, 0.1) is 6.54 Å². The van der Waals surface area contributed by atoms with Crippen LogP contribution >= 0.6 is 0 Å². The zero-order valence-electron chi connectivity index (χ0n) is 6.13. The third-order valence-corrected chi connectivity index (χ3v) is 0.553. The summed E-state index contributed by atoms with van der Waals surface area (Å²) in [5.74, 6) is -3.33. The van der Waals surface area contributed by atoms with Crippen LogP contribution in [0.25, 0.3) is 0 Å². The normalized spacial score (nSPS) is 9.62. The maximum atomic E-state index is 10.6. The quantitative estimate of drug-likeness (QED) is 0.326. The van der Waals surface area contributed by atoms with Gasteiger partial charge in [-0.25, -0.2) is 10.3 Å². The van der Waals surface area contributed by atoms with E-state index >= 15 is 0 Å². The van der Waals surface area contributed by atoms with Crippen LogP contribution in [0.3, 0.4) is 0 Å². The first-order chi connectivity index (χ1) is 5.75. The highest BCUT2D eigenvalue weighted by atomic mass is 19.4. The number of carbonyl (C=O) groups is 2. The number of halogens is 3. The lowest BCUT2D eigenvalue weighted by molar-refractivity contribution is -0.192. The van der Waals surface area contributed by atoms with Crippen molar-refractivity contribution in [3.63, 3.8) is 0 Å². The summed E-state index contributed by atoms with van der Waals surface area (Å²) < 4.78 is 31.7. The van der Waals surface area contributed by atoms with E-state index in [2.05, 4.69) is 0 Å². The summed E-state index contributed by atoms with van der Waals surface area (Å²) in [5.41, 5.74) is 6.06. The van der Waals surface area contributed by atoms with Crippen molar-refractivity contribution in [1.29, 1.82) is 0 Å². The molecule has 0 aliphatic rings. The van der Waals surface area contributed by atoms with Gasteiger partial charge in [0.25, 0.3) is 5.91 Å². The summed E-state index contributed by atoms with van der Waals surface area (Å²) >= 11 is 0. The van der Waals surface area contributed by atoms with Gasteiger partial charge in [-0.2, -0.15) is 13.2 Å². The molecule has 0 saturated carbocycles. The molecule has 0 atom stereocenters. The van der Waals surface area contributed by atoms with Crippen molar-refractivity contribution in [2.75, 3.05) is 6.54 Å². The molecular weight excluding hydrogens is 197 g/mol. The molecule has 0 radical (unpaired) electrons. The van der Waals surface area contributed by atoms with E-state index < -0.39 is 18.1 Å². The summed E-state index contributed by atoms with van der Waals surface area (Å²) in [4.78, 5) is 18.6. The van der Waals surface area contributed by atoms with Gasteiger partial charge in [-0.3, -0.25) is 10.0 Å². The summed E-state index contributed by atoms with van der Waals surface area (Å²) in [6.07, 6.45) is -5.08. The Labute approximate surface area is 70.1 Å². The molecule has 0 aliphatic heterocycles. The molecule has 0 spiro atoms. The van der Waals surface area contributed by atoms with Crippen LogP contribution < -0.4 is 11.2 Å². The molecule has 0 aromatic rings. The van der Waals surface area contributed by atoms with Crippen molar-refractivity contribution in [1.82, 2.24) is 5.48 Å². The SMILES string of the molecule is NCC(=O)NO.O=C(O)C(F)(F)F. The number of amides is 1. The Morgan fingerprint density at radius 2 is 1.69 bits per heavy atom. The molecule has 0 rings (SSSR count). The number of carboxylic acids is 1. The van der Waals surface area contributed by atoms with Gasteiger partial charge in [-0.05, 0) is 0 Å². The highest BCUT2D eigenvalue weighted by molar-refractivity contribution is 5.76. The van der Waals surface area contributed by atoms with Crippen molar-refractivity contribution in [2.24, 2.45) is 5.73 Å². The molecule has 5 N–H and O–H groups in total. The molecule has 0 fully saturated rings. The molecule has 0 aromatic carbocycles. The molecule has 0 saturated heterocycles. The van der Waals surface area contributed by atoms with Crippen molar-refractivity contribution in [3.05, 3.63) is 0 Å². The predicted octanol–water partition coefficient (Wildman–Crippen LogP) is -0.916. The van der Waals surface area contributed by atoms with Crippen molar-refractivity contribution in [2.45, 2.75) is 6.18 Å². The van der Waals surface area contributed by atoms with E-state index in [1.165, 1.54) is 5.48 Å². The van der Waals surface area contributed by atoms with Gasteiger partial charge in [0.15, 0.2) is 0 Å². The zero-order chi connectivity index (χ0) is 11.1. The number of nitrogens with two attached hydrogens (primary N) is 1. The molecule has 0 heterocycles. The minimum atomic E-state index is -5.08. The van der Waals surface area contributed by atoms with Gasteiger partial charge in [0.1, 0.15) is 0 Å². The van der Waals surface area contributed by atoms with Crippen LogP contribution in [-0.4, -0.2) is 34.9 Å². The van der Waals surface area contributed by atoms with Gasteiger partial charge in [0.2, 0.25) is 0 Å². The first-order valence-corrected chi connectivity index (χ1v) is 2.68. The first-order valence-electron chi connectivity index (χ1n) is 2.68. The highest BCUT2D eigenvalue weighted by Gasteiger charge is 2.38. The van der Waals surface area contributed by atoms with Gasteiger partial charge < -0.3 is 10.8 Å². The van der Waals surface area contributed by atoms with Crippen molar-refractivity contribution < 1.29 is 33.1 Å². The molecule has 0 bridgehead atoms. The van der Waals surface area contributed by atoms with Gasteiger partial charge in [-0.1, -0.05) is 0 Å². The smallest absolute Gasteiger partial charge is 0.475 e. The number of rotatable bonds is 1. The predicted molar refractivity (Wildman–Crippen MR) is 32.7 cm³/mol. The Balaban J connectivity index is 0. The standard InChI is InChI=1S/C2HF3O2.C2H6N2O2/c3-2(4,5)1(6)7;3-1-2(5)4-6/h(H,6,7);6H,1,3H2,(H,4,5). The van der Waals surface area contributed by atoms with Crippen LogP contribution in [0.2, 0.25) is 0 Å². The van der Waals surface area contributed by atoms with E-state index in [0.29, 0.717) is 0 Å². The van der Waals surface area contributed by atoms with E-state index in [9.17, 15) is 18.0 Å². The van der Waals surface area contributed by atoms with Crippen LogP contribution in [0, 0.1) is 0 Å². The lowest BCUT2D eigenvalue weighted by Crippen LogP contribution is -2.26. The fraction of sp³-hybridized carbons (Fsp3) is 0.500. The number of hydroxylamine groups is 1. The molecule has 0 aromatic heterocycles. The maximum absolute atomic E-state index is 10.6. The van der Waals surface area contributed by atoms with E-state index in [1.54, 1.807) is 0 Å². The van der Waals surface area contributed by atoms with Gasteiger partial charge in [0, 0.05) is 0 Å². The zero-order valence-corrected chi connectivity index (χ0v) is 6.13. The first kappa shape index (κ1) is 14.2. The van der Waals surface area contributed by atoms with E-state index in [4.69, 9.17) is 20.8 Å². The minimum absolute atomic E-state index is 0.170. The third kappa shape index (κ3) is 10.7. The molecule has 0 aliphatic carbocycles. The lowest BCUT2D eigenvalue weighted by atomic mass is 10.7. The number of hydrogen-bond donors (Lipinski definition) is 4. The summed E-state index contributed by atoms with van der Waals surface area (Å²) in [6, 6.07) is 0. The number of nitrogens with one attached hydrogen (secondary N) is 1. The summed E-state index contributed by atoms with van der Waals surface area (Å²) in [5, 5.41) is 14.8. The third-order valence-electron chi connectivity index (χ3n) is 0.553. The molecule has 9 heteroatoms. The van der Waals surface area contributed by atoms with Crippen molar-refractivity contribution in [3.8, 4) is 0 Å². The van der Waals surface area contributed by atoms with E-state index in [0.717, 1.165) is 0 Å². The second-order valence-electron chi connectivity index (χ2n) is 1.54. The van der Waals surface area contributed by atoms with E-state index in [-0.39, 0.29) is 6.54 Å². The van der Waals surface area contributed by atoms with E-state index in [1.807, 2.05) is 0 Å². The molecule has 6 nitrogen and oxygen atoms in total. The Bertz CT molecular complexity index is 175. The second-order valence-corrected chi connectivity index (χ2v) is 1.54. The van der Waals surface area contributed by atoms with Crippen LogP contribution in [0.1, 0.15) is 0 Å². The second kappa shape index (κ2) is 6.20. The highest BCUT2D eigenvalue weighted by Crippen LogP contribution is 2.13. The van der Waals surface area contributed by atoms with Gasteiger partial charge >= 0.3 is 12.1 Å². The average molecular weight is 204 g/mol. The molecule has 13 heavy (non-hydrogen) atoms. The Morgan fingerprint density at radius 1 is 1.38 bits per heavy atom. The number of aliphatic carboxylic acids is 1. The average Bonchev–Trinajstić information content (AvgIpc) is 2.02. The van der Waals surface area contributed by atoms with Gasteiger partial charge in [-0.15, -0.1) is 0 Å². The number of alkyl halides is 3. The Hall–Kier alpha value is -1.35. The van der Waals surface area contributed by atoms with Crippen LogP contribution in [0.4, 0.5) is 13.2 Å². The lowest BCUT2D eigenvalue weighted by Gasteiger charge is -1.93. The van der Waals surface area contributed by atoms with Crippen LogP contribution in [-0.2, 0) is 9.59 Å². The van der Waals surface area contributed by atoms with Crippen LogP contribution in [0.5, 0.6) is 0 Å².